The molecule has 0 radical (unpaired) electrons. The van der Waals surface area contributed by atoms with Crippen LogP contribution in [0, 0.1) is 5.41 Å². The van der Waals surface area contributed by atoms with E-state index in [1.165, 1.54) is 18.5 Å². The summed E-state index contributed by atoms with van der Waals surface area (Å²) in [5, 5.41) is 21.9. The highest BCUT2D eigenvalue weighted by atomic mass is 79.9. The van der Waals surface area contributed by atoms with Gasteiger partial charge in [-0.3, -0.25) is 20.1 Å². The van der Waals surface area contributed by atoms with Crippen molar-refractivity contribution in [1.82, 2.24) is 5.48 Å². The van der Waals surface area contributed by atoms with Gasteiger partial charge in [0.25, 0.3) is 5.91 Å². The topological polar surface area (TPSA) is 125 Å². The first-order chi connectivity index (χ1) is 14.9. The number of ether oxygens (including phenoxy) is 1. The van der Waals surface area contributed by atoms with Crippen molar-refractivity contribution >= 4 is 55.3 Å². The van der Waals surface area contributed by atoms with Crippen molar-refractivity contribution in [3.63, 3.8) is 0 Å². The van der Waals surface area contributed by atoms with E-state index in [-0.39, 0.29) is 17.1 Å². The minimum atomic E-state index is -1.03. The fraction of sp³-hybridized carbons (Fsp3) is 0.227. The van der Waals surface area contributed by atoms with Gasteiger partial charge in [0.2, 0.25) is 0 Å². The van der Waals surface area contributed by atoms with Gasteiger partial charge in [0.05, 0.1) is 4.47 Å². The Morgan fingerprint density at radius 3 is 2.31 bits per heavy atom. The first-order valence-corrected chi connectivity index (χ1v) is 10.9. The Kier molecular flexibility index (Phi) is 8.59. The van der Waals surface area contributed by atoms with Crippen molar-refractivity contribution in [2.24, 2.45) is 5.41 Å². The van der Waals surface area contributed by atoms with Gasteiger partial charge in [-0.2, -0.15) is 0 Å². The van der Waals surface area contributed by atoms with E-state index < -0.39 is 23.5 Å². The number of Topliss-reactive ketones (excluding diaryl/α,β-unsaturated/α-hetero) is 1. The Morgan fingerprint density at radius 1 is 1.12 bits per heavy atom. The predicted molar refractivity (Wildman–Crippen MR) is 126 cm³/mol. The number of hydrogen-bond acceptors (Lipinski definition) is 6. The van der Waals surface area contributed by atoms with Crippen molar-refractivity contribution in [3.8, 4) is 5.75 Å². The highest BCUT2D eigenvalue weighted by molar-refractivity contribution is 9.11. The molecule has 0 unspecified atom stereocenters. The maximum absolute atomic E-state index is 12.7. The number of amides is 2. The van der Waals surface area contributed by atoms with Gasteiger partial charge in [0, 0.05) is 32.8 Å². The van der Waals surface area contributed by atoms with Crippen LogP contribution in [0.15, 0.2) is 57.5 Å². The summed E-state index contributed by atoms with van der Waals surface area (Å²) < 4.78 is 6.68. The molecule has 0 aliphatic heterocycles. The maximum atomic E-state index is 12.7. The lowest BCUT2D eigenvalue weighted by atomic mass is 9.81. The highest BCUT2D eigenvalue weighted by Gasteiger charge is 2.35. The molecule has 0 fully saturated rings. The minimum absolute atomic E-state index is 0.102. The van der Waals surface area contributed by atoms with E-state index in [1.807, 2.05) is 0 Å². The maximum Gasteiger partial charge on any atom is 0.412 e. The lowest BCUT2D eigenvalue weighted by Crippen LogP contribution is -2.28. The second kappa shape index (κ2) is 10.8. The van der Waals surface area contributed by atoms with E-state index in [1.54, 1.807) is 50.2 Å². The van der Waals surface area contributed by atoms with Crippen LogP contribution in [-0.4, -0.2) is 28.1 Å². The van der Waals surface area contributed by atoms with Gasteiger partial charge >= 0.3 is 6.09 Å². The van der Waals surface area contributed by atoms with Crippen LogP contribution >= 0.6 is 31.9 Å². The van der Waals surface area contributed by atoms with Crippen molar-refractivity contribution in [3.05, 3.63) is 68.6 Å². The van der Waals surface area contributed by atoms with Crippen LogP contribution < -0.4 is 10.8 Å². The van der Waals surface area contributed by atoms with Gasteiger partial charge < -0.3 is 9.84 Å². The smallest absolute Gasteiger partial charge is 0.412 e. The molecular weight excluding hydrogens is 548 g/mol. The number of carbonyl (C=O) groups excluding carboxylic acids is 3. The third-order valence-corrected chi connectivity index (χ3v) is 5.62. The van der Waals surface area contributed by atoms with Gasteiger partial charge in [-0.05, 0) is 59.3 Å². The third-order valence-electron chi connectivity index (χ3n) is 4.55. The predicted octanol–water partition coefficient (Wildman–Crippen LogP) is 5.50. The number of anilines is 1. The Hall–Kier alpha value is -2.69. The molecule has 2 amide bonds. The fourth-order valence-corrected chi connectivity index (χ4v) is 4.12. The van der Waals surface area contributed by atoms with Crippen molar-refractivity contribution in [2.45, 2.75) is 26.9 Å². The van der Waals surface area contributed by atoms with Crippen LogP contribution in [0.5, 0.6) is 5.75 Å². The van der Waals surface area contributed by atoms with Crippen LogP contribution in [0.25, 0.3) is 0 Å². The summed E-state index contributed by atoms with van der Waals surface area (Å²) in [6, 6.07) is 9.52. The van der Waals surface area contributed by atoms with Crippen molar-refractivity contribution < 1.29 is 29.4 Å². The molecule has 0 spiro atoms. The Balaban J connectivity index is 2.38. The summed E-state index contributed by atoms with van der Waals surface area (Å²) in [5.74, 6) is -0.994. The van der Waals surface area contributed by atoms with Crippen LogP contribution in [-0.2, 0) is 9.53 Å². The zero-order chi connectivity index (χ0) is 24.1. The van der Waals surface area contributed by atoms with Crippen LogP contribution in [0.1, 0.15) is 42.8 Å². The molecule has 2 aromatic rings. The van der Waals surface area contributed by atoms with Crippen LogP contribution in [0.3, 0.4) is 0 Å². The first-order valence-electron chi connectivity index (χ1n) is 9.34. The molecule has 8 nitrogen and oxygen atoms in total. The second-order valence-electron chi connectivity index (χ2n) is 7.50. The van der Waals surface area contributed by atoms with E-state index >= 15 is 0 Å². The molecule has 0 bridgehead atoms. The third kappa shape index (κ3) is 6.65. The highest BCUT2D eigenvalue weighted by Crippen LogP contribution is 2.45. The average Bonchev–Trinajstić information content (AvgIpc) is 2.73. The molecule has 2 aromatic carbocycles. The molecule has 2 rings (SSSR count). The monoisotopic (exact) mass is 568 g/mol. The van der Waals surface area contributed by atoms with E-state index in [0.717, 1.165) is 6.08 Å². The van der Waals surface area contributed by atoms with Crippen LogP contribution in [0.4, 0.5) is 10.5 Å². The Morgan fingerprint density at radius 2 is 1.75 bits per heavy atom. The normalized spacial score (nSPS) is 12.3. The molecule has 1 atom stereocenters. The zero-order valence-electron chi connectivity index (χ0n) is 17.5. The standard InChI is InChI=1S/C22H22Br2N2O6/c1-12(27)13-4-6-15(7-5-13)25-21(30)32-20(22(2,3)9-8-18(28)26-31)16-10-14(23)11-17(24)19(16)29/h4-11,20,29,31H,1-3H3,(H,25,30)(H,26,28)/b9-8+/t20-/m0/s1. The summed E-state index contributed by atoms with van der Waals surface area (Å²) in [6.07, 6.45) is 0.704. The van der Waals surface area contributed by atoms with E-state index in [0.29, 0.717) is 20.2 Å². The van der Waals surface area contributed by atoms with Crippen LogP contribution in [0.2, 0.25) is 0 Å². The molecule has 0 aromatic heterocycles. The largest absolute Gasteiger partial charge is 0.506 e. The number of phenolic OH excluding ortho intramolecular Hbond substituents is 1. The van der Waals surface area contributed by atoms with Gasteiger partial charge in [0.1, 0.15) is 11.9 Å². The molecular formula is C22H22Br2N2O6. The minimum Gasteiger partial charge on any atom is -0.506 e. The Labute approximate surface area is 201 Å². The quantitative estimate of drug-likeness (QED) is 0.151. The molecule has 0 saturated heterocycles. The molecule has 32 heavy (non-hydrogen) atoms. The molecule has 4 N–H and O–H groups in total. The lowest BCUT2D eigenvalue weighted by molar-refractivity contribution is -0.124. The fourth-order valence-electron chi connectivity index (χ4n) is 2.86. The number of halogens is 2. The number of hydrogen-bond donors (Lipinski definition) is 4. The van der Waals surface area contributed by atoms with Gasteiger partial charge in [-0.25, -0.2) is 10.3 Å². The SMILES string of the molecule is CC(=O)c1ccc(NC(=O)O[C@@H](c2cc(Br)cc(Br)c2O)C(C)(C)/C=C/C(=O)NO)cc1. The average molecular weight is 570 g/mol. The number of benzene rings is 2. The van der Waals surface area contributed by atoms with E-state index in [9.17, 15) is 19.5 Å². The van der Waals surface area contributed by atoms with Gasteiger partial charge in [0.15, 0.2) is 5.78 Å². The number of aromatic hydroxyl groups is 1. The molecule has 170 valence electrons. The molecule has 0 aliphatic rings. The molecule has 10 heteroatoms. The lowest BCUT2D eigenvalue weighted by Gasteiger charge is -2.32. The molecule has 0 saturated carbocycles. The van der Waals surface area contributed by atoms with Gasteiger partial charge in [-0.15, -0.1) is 0 Å². The summed E-state index contributed by atoms with van der Waals surface area (Å²) in [6.45, 7) is 4.83. The van der Waals surface area contributed by atoms with E-state index in [4.69, 9.17) is 9.94 Å². The number of nitrogens with one attached hydrogen (secondary N) is 2. The number of rotatable bonds is 7. The van der Waals surface area contributed by atoms with Gasteiger partial charge in [-0.1, -0.05) is 35.9 Å². The molecule has 0 heterocycles. The van der Waals surface area contributed by atoms with E-state index in [2.05, 4.69) is 37.2 Å². The summed E-state index contributed by atoms with van der Waals surface area (Å²) in [5.41, 5.74) is 1.70. The number of ketones is 1. The zero-order valence-corrected chi connectivity index (χ0v) is 20.7. The molecule has 0 aliphatic carbocycles. The van der Waals surface area contributed by atoms with Crippen molar-refractivity contribution in [1.29, 1.82) is 0 Å². The number of carbonyl (C=O) groups is 3. The summed E-state index contributed by atoms with van der Waals surface area (Å²) in [7, 11) is 0. The summed E-state index contributed by atoms with van der Waals surface area (Å²) in [4.78, 5) is 35.6. The Bertz CT molecular complexity index is 1050. The number of phenols is 1. The second-order valence-corrected chi connectivity index (χ2v) is 9.27. The first kappa shape index (κ1) is 25.6. The number of hydroxylamine groups is 1. The summed E-state index contributed by atoms with van der Waals surface area (Å²) >= 11 is 6.62. The van der Waals surface area contributed by atoms with Crippen molar-refractivity contribution in [2.75, 3.05) is 5.32 Å².